The van der Waals surface area contributed by atoms with Gasteiger partial charge in [0, 0.05) is 11.9 Å². The standard InChI is InChI=1S/C20H24N2O5S/c1-13-5-6-16-14(8-13)9-17(28-16)20(25)27-12-19(24)22(2)11-18(23)21-10-15-4-3-7-26-15/h3-4,7,9,13H,5-6,8,10-12H2,1-2H3,(H,21,23)/t13-/m1/s1. The molecule has 2 aromatic rings. The van der Waals surface area contributed by atoms with Crippen LogP contribution in [0.25, 0.3) is 0 Å². The average Bonchev–Trinajstić information content (AvgIpc) is 3.33. The molecule has 28 heavy (non-hydrogen) atoms. The van der Waals surface area contributed by atoms with E-state index in [1.165, 1.54) is 40.0 Å². The van der Waals surface area contributed by atoms with E-state index < -0.39 is 11.9 Å². The van der Waals surface area contributed by atoms with E-state index in [1.807, 2.05) is 6.07 Å². The number of esters is 1. The highest BCUT2D eigenvalue weighted by molar-refractivity contribution is 7.14. The van der Waals surface area contributed by atoms with Crippen molar-refractivity contribution in [2.75, 3.05) is 20.2 Å². The molecule has 150 valence electrons. The van der Waals surface area contributed by atoms with Gasteiger partial charge in [-0.3, -0.25) is 9.59 Å². The lowest BCUT2D eigenvalue weighted by atomic mass is 9.90. The number of fused-ring (bicyclic) bond motifs is 1. The normalized spacial score (nSPS) is 15.6. The van der Waals surface area contributed by atoms with Gasteiger partial charge < -0.3 is 19.4 Å². The van der Waals surface area contributed by atoms with Crippen LogP contribution >= 0.6 is 11.3 Å². The van der Waals surface area contributed by atoms with E-state index in [4.69, 9.17) is 9.15 Å². The largest absolute Gasteiger partial charge is 0.467 e. The summed E-state index contributed by atoms with van der Waals surface area (Å²) in [5, 5.41) is 2.66. The lowest BCUT2D eigenvalue weighted by Gasteiger charge is -2.16. The molecule has 0 radical (unpaired) electrons. The summed E-state index contributed by atoms with van der Waals surface area (Å²) in [7, 11) is 1.49. The van der Waals surface area contributed by atoms with Crippen molar-refractivity contribution in [2.45, 2.75) is 32.7 Å². The third kappa shape index (κ3) is 5.22. The van der Waals surface area contributed by atoms with Gasteiger partial charge in [-0.1, -0.05) is 6.92 Å². The second kappa shape index (κ2) is 9.05. The number of likely N-dealkylation sites (N-methyl/N-ethyl adjacent to an activating group) is 1. The van der Waals surface area contributed by atoms with Crippen LogP contribution in [-0.2, 0) is 33.7 Å². The maximum absolute atomic E-state index is 12.3. The number of hydrogen-bond acceptors (Lipinski definition) is 6. The van der Waals surface area contributed by atoms with Crippen LogP contribution in [0.2, 0.25) is 0 Å². The smallest absolute Gasteiger partial charge is 0.348 e. The molecule has 0 unspecified atom stereocenters. The first-order valence-corrected chi connectivity index (χ1v) is 10.1. The quantitative estimate of drug-likeness (QED) is 0.716. The Morgan fingerprint density at radius 1 is 1.39 bits per heavy atom. The first kappa shape index (κ1) is 20.1. The zero-order valence-corrected chi connectivity index (χ0v) is 16.8. The molecule has 1 aliphatic carbocycles. The number of aryl methyl sites for hydroxylation is 1. The Labute approximate surface area is 167 Å². The minimum atomic E-state index is -0.490. The van der Waals surface area contributed by atoms with Gasteiger partial charge in [0.15, 0.2) is 6.61 Å². The van der Waals surface area contributed by atoms with Crippen LogP contribution in [0.15, 0.2) is 28.9 Å². The molecule has 2 heterocycles. The van der Waals surface area contributed by atoms with Crippen LogP contribution < -0.4 is 5.32 Å². The van der Waals surface area contributed by atoms with Crippen molar-refractivity contribution >= 4 is 29.1 Å². The first-order chi connectivity index (χ1) is 13.4. The number of rotatable bonds is 7. The highest BCUT2D eigenvalue weighted by Gasteiger charge is 2.22. The van der Waals surface area contributed by atoms with E-state index in [0.717, 1.165) is 19.3 Å². The zero-order chi connectivity index (χ0) is 20.1. The molecule has 2 amide bonds. The third-order valence-electron chi connectivity index (χ3n) is 4.70. The maximum Gasteiger partial charge on any atom is 0.348 e. The number of nitrogens with one attached hydrogen (secondary N) is 1. The Kier molecular flexibility index (Phi) is 6.51. The summed E-state index contributed by atoms with van der Waals surface area (Å²) in [4.78, 5) is 39.3. The Bertz CT molecular complexity index is 843. The van der Waals surface area contributed by atoms with Crippen LogP contribution in [0.5, 0.6) is 0 Å². The number of carbonyl (C=O) groups is 3. The van der Waals surface area contributed by atoms with Gasteiger partial charge in [0.1, 0.15) is 10.6 Å². The predicted molar refractivity (Wildman–Crippen MR) is 104 cm³/mol. The van der Waals surface area contributed by atoms with Gasteiger partial charge in [0.2, 0.25) is 5.91 Å². The SMILES string of the molecule is C[C@@H]1CCc2sc(C(=O)OCC(=O)N(C)CC(=O)NCc3ccco3)cc2C1. The molecule has 0 saturated heterocycles. The van der Waals surface area contributed by atoms with Gasteiger partial charge in [-0.25, -0.2) is 4.79 Å². The van der Waals surface area contributed by atoms with Crippen molar-refractivity contribution < 1.29 is 23.5 Å². The topological polar surface area (TPSA) is 88.9 Å². The second-order valence-corrected chi connectivity index (χ2v) is 8.23. The minimum Gasteiger partial charge on any atom is -0.467 e. The van der Waals surface area contributed by atoms with Crippen molar-refractivity contribution in [1.82, 2.24) is 10.2 Å². The van der Waals surface area contributed by atoms with Crippen molar-refractivity contribution in [1.29, 1.82) is 0 Å². The molecule has 2 aromatic heterocycles. The van der Waals surface area contributed by atoms with Gasteiger partial charge in [0.05, 0.1) is 19.4 Å². The highest BCUT2D eigenvalue weighted by atomic mass is 32.1. The fraction of sp³-hybridized carbons (Fsp3) is 0.450. The Balaban J connectivity index is 1.42. The summed E-state index contributed by atoms with van der Waals surface area (Å²) in [6.45, 7) is 1.95. The monoisotopic (exact) mass is 404 g/mol. The summed E-state index contributed by atoms with van der Waals surface area (Å²) in [6, 6.07) is 5.36. The molecule has 0 aliphatic heterocycles. The first-order valence-electron chi connectivity index (χ1n) is 9.24. The number of ether oxygens (including phenoxy) is 1. The molecule has 0 aromatic carbocycles. The van der Waals surface area contributed by atoms with Crippen LogP contribution in [0.4, 0.5) is 0 Å². The molecule has 7 nitrogen and oxygen atoms in total. The number of carbonyl (C=O) groups excluding carboxylic acids is 3. The number of furan rings is 1. The molecule has 0 fully saturated rings. The van der Waals surface area contributed by atoms with Crippen LogP contribution in [-0.4, -0.2) is 42.9 Å². The summed E-state index contributed by atoms with van der Waals surface area (Å²) >= 11 is 1.45. The summed E-state index contributed by atoms with van der Waals surface area (Å²) < 4.78 is 10.3. The molecular weight excluding hydrogens is 380 g/mol. The number of nitrogens with zero attached hydrogens (tertiary/aromatic N) is 1. The fourth-order valence-corrected chi connectivity index (χ4v) is 4.18. The summed E-state index contributed by atoms with van der Waals surface area (Å²) in [5.74, 6) is 0.00979. The molecule has 1 aliphatic rings. The van der Waals surface area contributed by atoms with Crippen molar-refractivity contribution in [3.8, 4) is 0 Å². The predicted octanol–water partition coefficient (Wildman–Crippen LogP) is 2.40. The number of thiophene rings is 1. The van der Waals surface area contributed by atoms with E-state index in [2.05, 4.69) is 12.2 Å². The van der Waals surface area contributed by atoms with Gasteiger partial charge in [-0.15, -0.1) is 11.3 Å². The van der Waals surface area contributed by atoms with Gasteiger partial charge >= 0.3 is 5.97 Å². The molecule has 8 heteroatoms. The number of hydrogen-bond donors (Lipinski definition) is 1. The highest BCUT2D eigenvalue weighted by Crippen LogP contribution is 2.32. The molecule has 3 rings (SSSR count). The summed E-state index contributed by atoms with van der Waals surface area (Å²) in [6.07, 6.45) is 4.63. The van der Waals surface area contributed by atoms with Gasteiger partial charge in [0.25, 0.3) is 5.91 Å². The van der Waals surface area contributed by atoms with Gasteiger partial charge in [-0.05, 0) is 48.9 Å². The Morgan fingerprint density at radius 2 is 2.21 bits per heavy atom. The Hall–Kier alpha value is -2.61. The minimum absolute atomic E-state index is 0.123. The number of amides is 2. The van der Waals surface area contributed by atoms with Crippen LogP contribution in [0.3, 0.4) is 0 Å². The van der Waals surface area contributed by atoms with E-state index in [9.17, 15) is 14.4 Å². The van der Waals surface area contributed by atoms with Crippen molar-refractivity contribution in [3.05, 3.63) is 45.5 Å². The maximum atomic E-state index is 12.3. The molecular formula is C20H24N2O5S. The molecule has 0 saturated carbocycles. The van der Waals surface area contributed by atoms with E-state index in [1.54, 1.807) is 12.1 Å². The van der Waals surface area contributed by atoms with E-state index >= 15 is 0 Å². The Morgan fingerprint density at radius 3 is 2.96 bits per heavy atom. The van der Waals surface area contributed by atoms with Crippen LogP contribution in [0.1, 0.15) is 39.2 Å². The molecule has 0 bridgehead atoms. The van der Waals surface area contributed by atoms with Crippen LogP contribution in [0, 0.1) is 5.92 Å². The lowest BCUT2D eigenvalue weighted by Crippen LogP contribution is -2.39. The average molecular weight is 404 g/mol. The van der Waals surface area contributed by atoms with E-state index in [0.29, 0.717) is 16.6 Å². The molecule has 0 spiro atoms. The lowest BCUT2D eigenvalue weighted by molar-refractivity contribution is -0.137. The van der Waals surface area contributed by atoms with Crippen molar-refractivity contribution in [2.24, 2.45) is 5.92 Å². The fourth-order valence-electron chi connectivity index (χ4n) is 3.07. The zero-order valence-electron chi connectivity index (χ0n) is 16.0. The molecule has 1 N–H and O–H groups in total. The van der Waals surface area contributed by atoms with Gasteiger partial charge in [-0.2, -0.15) is 0 Å². The second-order valence-electron chi connectivity index (χ2n) is 7.09. The molecule has 1 atom stereocenters. The summed E-state index contributed by atoms with van der Waals surface area (Å²) in [5.41, 5.74) is 1.22. The van der Waals surface area contributed by atoms with Crippen molar-refractivity contribution in [3.63, 3.8) is 0 Å². The third-order valence-corrected chi connectivity index (χ3v) is 5.92. The van der Waals surface area contributed by atoms with E-state index in [-0.39, 0.29) is 25.6 Å².